The zero-order valence-electron chi connectivity index (χ0n) is 15.1. The van der Waals surface area contributed by atoms with Gasteiger partial charge in [0, 0.05) is 30.9 Å². The molecule has 0 aliphatic rings. The maximum absolute atomic E-state index is 6.78. The summed E-state index contributed by atoms with van der Waals surface area (Å²) in [5.74, 6) is 0. The Kier molecular flexibility index (Phi) is 3.37. The van der Waals surface area contributed by atoms with Crippen LogP contribution in [-0.4, -0.2) is 0 Å². The number of furan rings is 1. The van der Waals surface area contributed by atoms with Gasteiger partial charge >= 0.3 is 0 Å². The number of thiophene rings is 1. The van der Waals surface area contributed by atoms with Crippen LogP contribution in [0.4, 0.5) is 0 Å². The van der Waals surface area contributed by atoms with Crippen molar-refractivity contribution in [2.24, 2.45) is 0 Å². The van der Waals surface area contributed by atoms with E-state index in [1.165, 1.54) is 20.3 Å². The first-order valence-corrected chi connectivity index (χ1v) is 10.4. The molecule has 0 amide bonds. The van der Waals surface area contributed by atoms with E-state index < -0.39 is 0 Å². The fourth-order valence-corrected chi connectivity index (χ4v) is 5.68. The molecule has 0 fully saturated rings. The SMILES string of the molecule is Cc1ccc2c(c1)oc1cccc(-c3cc(Cl)c4c(c3)sc3ccccc34)c12. The molecule has 4 aromatic carbocycles. The molecule has 0 radical (unpaired) electrons. The third-order valence-corrected chi connectivity index (χ3v) is 6.81. The Balaban J connectivity index is 1.70. The monoisotopic (exact) mass is 398 g/mol. The molecular formula is C25H15ClOS. The molecule has 0 bridgehead atoms. The molecule has 0 saturated carbocycles. The van der Waals surface area contributed by atoms with Crippen LogP contribution in [0.1, 0.15) is 5.56 Å². The summed E-state index contributed by atoms with van der Waals surface area (Å²) in [5, 5.41) is 5.45. The first-order valence-electron chi connectivity index (χ1n) is 9.22. The van der Waals surface area contributed by atoms with Crippen molar-refractivity contribution in [2.45, 2.75) is 6.92 Å². The maximum Gasteiger partial charge on any atom is 0.136 e. The van der Waals surface area contributed by atoms with Crippen molar-refractivity contribution in [2.75, 3.05) is 0 Å². The van der Waals surface area contributed by atoms with Crippen molar-refractivity contribution < 1.29 is 4.42 Å². The van der Waals surface area contributed by atoms with Gasteiger partial charge in [-0.3, -0.25) is 0 Å². The average molecular weight is 399 g/mol. The second-order valence-electron chi connectivity index (χ2n) is 7.21. The highest BCUT2D eigenvalue weighted by Crippen LogP contribution is 2.43. The van der Waals surface area contributed by atoms with Crippen molar-refractivity contribution >= 4 is 65.0 Å². The van der Waals surface area contributed by atoms with E-state index in [0.29, 0.717) is 0 Å². The normalized spacial score (nSPS) is 11.9. The van der Waals surface area contributed by atoms with Crippen LogP contribution in [0, 0.1) is 6.92 Å². The van der Waals surface area contributed by atoms with Gasteiger partial charge in [-0.05, 0) is 53.9 Å². The molecule has 1 nitrogen and oxygen atoms in total. The van der Waals surface area contributed by atoms with Gasteiger partial charge in [-0.2, -0.15) is 0 Å². The largest absolute Gasteiger partial charge is 0.456 e. The van der Waals surface area contributed by atoms with Gasteiger partial charge in [-0.1, -0.05) is 54.1 Å². The molecule has 0 atom stereocenters. The summed E-state index contributed by atoms with van der Waals surface area (Å²) in [4.78, 5) is 0. The molecule has 0 aliphatic heterocycles. The molecule has 134 valence electrons. The van der Waals surface area contributed by atoms with Crippen molar-refractivity contribution in [3.8, 4) is 11.1 Å². The smallest absolute Gasteiger partial charge is 0.136 e. The summed E-state index contributed by atoms with van der Waals surface area (Å²) >= 11 is 8.57. The topological polar surface area (TPSA) is 13.1 Å². The molecule has 6 rings (SSSR count). The summed E-state index contributed by atoms with van der Waals surface area (Å²) in [5.41, 5.74) is 5.31. The molecule has 2 aromatic heterocycles. The van der Waals surface area contributed by atoms with Gasteiger partial charge in [0.15, 0.2) is 0 Å². The Labute approximate surface area is 170 Å². The van der Waals surface area contributed by atoms with Gasteiger partial charge in [-0.25, -0.2) is 0 Å². The maximum atomic E-state index is 6.78. The van der Waals surface area contributed by atoms with Crippen LogP contribution in [0.5, 0.6) is 0 Å². The predicted octanol–water partition coefficient (Wildman–Crippen LogP) is 8.58. The third kappa shape index (κ3) is 2.25. The van der Waals surface area contributed by atoms with Crippen LogP contribution in [0.25, 0.3) is 53.2 Å². The number of fused-ring (bicyclic) bond motifs is 6. The molecule has 6 aromatic rings. The fourth-order valence-electron chi connectivity index (χ4n) is 4.13. The highest BCUT2D eigenvalue weighted by Gasteiger charge is 2.15. The molecule has 3 heteroatoms. The highest BCUT2D eigenvalue weighted by molar-refractivity contribution is 7.26. The van der Waals surface area contributed by atoms with E-state index in [0.717, 1.165) is 43.5 Å². The van der Waals surface area contributed by atoms with Crippen LogP contribution in [0.15, 0.2) is 77.2 Å². The van der Waals surface area contributed by atoms with Crippen LogP contribution in [-0.2, 0) is 0 Å². The van der Waals surface area contributed by atoms with Crippen molar-refractivity contribution in [3.05, 3.63) is 83.4 Å². The van der Waals surface area contributed by atoms with Crippen molar-refractivity contribution in [1.29, 1.82) is 0 Å². The minimum Gasteiger partial charge on any atom is -0.456 e. The number of aryl methyl sites for hydroxylation is 1. The van der Waals surface area contributed by atoms with Crippen LogP contribution in [0.3, 0.4) is 0 Å². The predicted molar refractivity (Wildman–Crippen MR) is 122 cm³/mol. The number of hydrogen-bond donors (Lipinski definition) is 0. The lowest BCUT2D eigenvalue weighted by atomic mass is 9.98. The standard InChI is InChI=1S/C25H15ClOS/c1-14-9-10-17-21(11-14)27-20-7-4-6-16(24(17)20)15-12-19(26)25-18-5-2-3-8-22(18)28-23(25)13-15/h2-13H,1H3. The third-order valence-electron chi connectivity index (χ3n) is 5.39. The molecular weight excluding hydrogens is 384 g/mol. The Hall–Kier alpha value is -2.81. The summed E-state index contributed by atoms with van der Waals surface area (Å²) < 4.78 is 8.61. The zero-order chi connectivity index (χ0) is 18.8. The summed E-state index contributed by atoms with van der Waals surface area (Å²) in [7, 11) is 0. The lowest BCUT2D eigenvalue weighted by Crippen LogP contribution is -1.81. The molecule has 0 unspecified atom stereocenters. The Morgan fingerprint density at radius 3 is 2.57 bits per heavy atom. The van der Waals surface area contributed by atoms with E-state index in [4.69, 9.17) is 16.0 Å². The fraction of sp³-hybridized carbons (Fsp3) is 0.0400. The number of halogens is 1. The Morgan fingerprint density at radius 1 is 0.750 bits per heavy atom. The first kappa shape index (κ1) is 16.2. The zero-order valence-corrected chi connectivity index (χ0v) is 16.7. The van der Waals surface area contributed by atoms with Crippen LogP contribution in [0.2, 0.25) is 5.02 Å². The second kappa shape index (κ2) is 5.84. The van der Waals surface area contributed by atoms with Gasteiger partial charge in [0.05, 0.1) is 5.02 Å². The van der Waals surface area contributed by atoms with Gasteiger partial charge in [0.2, 0.25) is 0 Å². The number of rotatable bonds is 1. The van der Waals surface area contributed by atoms with E-state index in [-0.39, 0.29) is 0 Å². The number of benzene rings is 4. The van der Waals surface area contributed by atoms with Gasteiger partial charge in [0.1, 0.15) is 11.2 Å². The van der Waals surface area contributed by atoms with Crippen molar-refractivity contribution in [3.63, 3.8) is 0 Å². The molecule has 0 saturated heterocycles. The van der Waals surface area contributed by atoms with Crippen molar-refractivity contribution in [1.82, 2.24) is 0 Å². The lowest BCUT2D eigenvalue weighted by Gasteiger charge is -2.06. The molecule has 0 spiro atoms. The summed E-state index contributed by atoms with van der Waals surface area (Å²) in [6.45, 7) is 2.09. The average Bonchev–Trinajstić information content (AvgIpc) is 3.25. The highest BCUT2D eigenvalue weighted by atomic mass is 35.5. The molecule has 28 heavy (non-hydrogen) atoms. The minimum atomic E-state index is 0.797. The van der Waals surface area contributed by atoms with Crippen LogP contribution >= 0.6 is 22.9 Å². The molecule has 0 N–H and O–H groups in total. The first-order chi connectivity index (χ1) is 13.7. The lowest BCUT2D eigenvalue weighted by molar-refractivity contribution is 0.668. The second-order valence-corrected chi connectivity index (χ2v) is 8.70. The van der Waals surface area contributed by atoms with E-state index >= 15 is 0 Å². The van der Waals surface area contributed by atoms with E-state index in [9.17, 15) is 0 Å². The quantitative estimate of drug-likeness (QED) is 0.270. The van der Waals surface area contributed by atoms with E-state index in [1.807, 2.05) is 6.07 Å². The van der Waals surface area contributed by atoms with Gasteiger partial charge in [-0.15, -0.1) is 11.3 Å². The summed E-state index contributed by atoms with van der Waals surface area (Å²) in [6.07, 6.45) is 0. The van der Waals surface area contributed by atoms with E-state index in [2.05, 4.69) is 73.7 Å². The Morgan fingerprint density at radius 2 is 1.64 bits per heavy atom. The Bertz CT molecular complexity index is 1540. The number of hydrogen-bond acceptors (Lipinski definition) is 2. The van der Waals surface area contributed by atoms with Gasteiger partial charge < -0.3 is 4.42 Å². The summed E-state index contributed by atoms with van der Waals surface area (Å²) in [6, 6.07) is 25.4. The van der Waals surface area contributed by atoms with Gasteiger partial charge in [0.25, 0.3) is 0 Å². The van der Waals surface area contributed by atoms with E-state index in [1.54, 1.807) is 11.3 Å². The van der Waals surface area contributed by atoms with Crippen LogP contribution < -0.4 is 0 Å². The molecule has 0 aliphatic carbocycles. The minimum absolute atomic E-state index is 0.797. The molecule has 2 heterocycles.